The summed E-state index contributed by atoms with van der Waals surface area (Å²) >= 11 is 0. The number of fused-ring (bicyclic) bond motifs is 1. The first kappa shape index (κ1) is 22.2. The number of carboxylic acids is 1. The van der Waals surface area contributed by atoms with Crippen molar-refractivity contribution in [3.05, 3.63) is 57.5 Å². The number of nitrogens with one attached hydrogen (secondary N) is 3. The smallest absolute Gasteiger partial charge is 0.326 e. The van der Waals surface area contributed by atoms with Gasteiger partial charge in [-0.2, -0.15) is 10.2 Å². The van der Waals surface area contributed by atoms with Gasteiger partial charge in [0.1, 0.15) is 17.8 Å². The molecule has 11 heteroatoms. The van der Waals surface area contributed by atoms with Crippen molar-refractivity contribution in [2.75, 3.05) is 5.73 Å². The molecule has 2 aromatic heterocycles. The number of hydrogen-bond donors (Lipinski definition) is 5. The Balaban J connectivity index is 1.63. The molecule has 164 valence electrons. The number of nitrogens with zero attached hydrogens (tertiary/aromatic N) is 2. The van der Waals surface area contributed by atoms with Crippen LogP contribution in [0.3, 0.4) is 0 Å². The van der Waals surface area contributed by atoms with Crippen LogP contribution in [0.1, 0.15) is 34.3 Å². The van der Waals surface area contributed by atoms with E-state index in [0.717, 1.165) is 11.1 Å². The normalized spacial score (nSPS) is 11.6. The van der Waals surface area contributed by atoms with E-state index < -0.39 is 23.7 Å². The highest BCUT2D eigenvalue weighted by Crippen LogP contribution is 2.16. The molecular weight excluding hydrogens is 416 g/mol. The predicted octanol–water partition coefficient (Wildman–Crippen LogP) is 0.674. The van der Waals surface area contributed by atoms with Gasteiger partial charge in [0.15, 0.2) is 0 Å². The van der Waals surface area contributed by atoms with Crippen molar-refractivity contribution in [2.45, 2.75) is 31.7 Å². The predicted molar refractivity (Wildman–Crippen MR) is 114 cm³/mol. The van der Waals surface area contributed by atoms with Crippen LogP contribution in [0.15, 0.2) is 35.3 Å². The Labute approximate surface area is 181 Å². The van der Waals surface area contributed by atoms with Crippen molar-refractivity contribution in [2.24, 2.45) is 0 Å². The van der Waals surface area contributed by atoms with Gasteiger partial charge >= 0.3 is 5.97 Å². The van der Waals surface area contributed by atoms with Crippen LogP contribution >= 0.6 is 0 Å². The van der Waals surface area contributed by atoms with Crippen molar-refractivity contribution in [3.8, 4) is 6.07 Å². The lowest BCUT2D eigenvalue weighted by Gasteiger charge is -2.13. The number of aromatic amines is 2. The number of ketones is 1. The first-order valence-electron chi connectivity index (χ1n) is 9.69. The van der Waals surface area contributed by atoms with Crippen LogP contribution in [0.5, 0.6) is 0 Å². The summed E-state index contributed by atoms with van der Waals surface area (Å²) in [6, 6.07) is 6.74. The van der Waals surface area contributed by atoms with Crippen molar-refractivity contribution >= 4 is 34.6 Å². The molecule has 0 saturated carbocycles. The van der Waals surface area contributed by atoms with Crippen molar-refractivity contribution in [1.29, 1.82) is 5.26 Å². The average Bonchev–Trinajstić information content (AvgIpc) is 3.17. The molecule has 0 saturated heterocycles. The van der Waals surface area contributed by atoms with Gasteiger partial charge in [0, 0.05) is 18.2 Å². The zero-order valence-electron chi connectivity index (χ0n) is 16.8. The Kier molecular flexibility index (Phi) is 6.65. The standard InChI is InChI=1S/C21H20N6O5/c22-9-14(28)7-8-15(20(31)32)25-18(29)12-4-1-11(2-5-12)3-6-13-10-24-17-16(13)19(30)27-21(23)26-17/h1-2,4-5,10,15H,3,6-8H2,(H,25,29)(H,31,32)(H4,23,24,26,27,30). The molecule has 1 aromatic carbocycles. The van der Waals surface area contributed by atoms with Gasteiger partial charge in [-0.15, -0.1) is 0 Å². The molecule has 0 aliphatic rings. The minimum absolute atomic E-state index is 0.0339. The number of aromatic nitrogens is 3. The molecule has 1 atom stereocenters. The summed E-state index contributed by atoms with van der Waals surface area (Å²) in [5.74, 6) is -2.59. The average molecular weight is 436 g/mol. The number of carbonyl (C=O) groups is 3. The highest BCUT2D eigenvalue weighted by atomic mass is 16.4. The van der Waals surface area contributed by atoms with Crippen LogP contribution in [0.4, 0.5) is 5.95 Å². The molecule has 1 amide bonds. The molecule has 3 aromatic rings. The molecule has 11 nitrogen and oxygen atoms in total. The molecule has 32 heavy (non-hydrogen) atoms. The molecule has 1 unspecified atom stereocenters. The van der Waals surface area contributed by atoms with E-state index in [1.807, 2.05) is 0 Å². The number of nitrogens with two attached hydrogens (primary N) is 1. The highest BCUT2D eigenvalue weighted by Gasteiger charge is 2.21. The summed E-state index contributed by atoms with van der Waals surface area (Å²) < 4.78 is 0. The quantitative estimate of drug-likeness (QED) is 0.302. The second-order valence-corrected chi connectivity index (χ2v) is 7.12. The minimum Gasteiger partial charge on any atom is -0.480 e. The third kappa shape index (κ3) is 5.17. The molecule has 0 spiro atoms. The Morgan fingerprint density at radius 2 is 1.94 bits per heavy atom. The zero-order valence-corrected chi connectivity index (χ0v) is 16.8. The Bertz CT molecular complexity index is 1270. The fourth-order valence-corrected chi connectivity index (χ4v) is 3.25. The van der Waals surface area contributed by atoms with Gasteiger partial charge in [0.25, 0.3) is 11.5 Å². The van der Waals surface area contributed by atoms with Gasteiger partial charge in [-0.25, -0.2) is 4.79 Å². The van der Waals surface area contributed by atoms with Crippen LogP contribution in [0.25, 0.3) is 11.0 Å². The van der Waals surface area contributed by atoms with Crippen LogP contribution < -0.4 is 16.6 Å². The number of amides is 1. The summed E-state index contributed by atoms with van der Waals surface area (Å²) in [5.41, 5.74) is 7.59. The van der Waals surface area contributed by atoms with Gasteiger partial charge < -0.3 is 21.1 Å². The maximum Gasteiger partial charge on any atom is 0.326 e. The lowest BCUT2D eigenvalue weighted by Crippen LogP contribution is -2.41. The fourth-order valence-electron chi connectivity index (χ4n) is 3.25. The number of carbonyl (C=O) groups excluding carboxylic acids is 2. The molecule has 0 aliphatic carbocycles. The van der Waals surface area contributed by atoms with E-state index in [1.54, 1.807) is 30.5 Å². The number of nitriles is 1. The van der Waals surface area contributed by atoms with Gasteiger partial charge in [-0.3, -0.25) is 19.4 Å². The fraction of sp³-hybridized carbons (Fsp3) is 0.238. The molecular formula is C21H20N6O5. The number of carboxylic acid groups (broad SMARTS) is 1. The number of rotatable bonds is 9. The molecule has 3 rings (SSSR count). The van der Waals surface area contributed by atoms with Crippen molar-refractivity contribution in [3.63, 3.8) is 0 Å². The molecule has 6 N–H and O–H groups in total. The van der Waals surface area contributed by atoms with Crippen molar-refractivity contribution in [1.82, 2.24) is 20.3 Å². The van der Waals surface area contributed by atoms with Gasteiger partial charge in [0.05, 0.1) is 5.39 Å². The number of aryl methyl sites for hydroxylation is 2. The van der Waals surface area contributed by atoms with E-state index in [-0.39, 0.29) is 29.9 Å². The number of anilines is 1. The lowest BCUT2D eigenvalue weighted by molar-refractivity contribution is -0.139. The Morgan fingerprint density at radius 3 is 2.59 bits per heavy atom. The third-order valence-electron chi connectivity index (χ3n) is 4.93. The van der Waals surface area contributed by atoms with E-state index in [1.165, 1.54) is 6.07 Å². The summed E-state index contributed by atoms with van der Waals surface area (Å²) in [7, 11) is 0. The maximum atomic E-state index is 12.4. The van der Waals surface area contributed by atoms with E-state index in [0.29, 0.717) is 23.9 Å². The summed E-state index contributed by atoms with van der Waals surface area (Å²) in [5, 5.41) is 20.5. The molecule has 0 bridgehead atoms. The molecule has 2 heterocycles. The molecule has 0 aliphatic heterocycles. The summed E-state index contributed by atoms with van der Waals surface area (Å²) in [6.07, 6.45) is 2.42. The van der Waals surface area contributed by atoms with E-state index in [4.69, 9.17) is 11.0 Å². The van der Waals surface area contributed by atoms with Gasteiger partial charge in [-0.1, -0.05) is 12.1 Å². The number of aliphatic carboxylic acids is 1. The Hall–Kier alpha value is -4.46. The first-order valence-corrected chi connectivity index (χ1v) is 9.69. The summed E-state index contributed by atoms with van der Waals surface area (Å²) in [6.45, 7) is 0. The van der Waals surface area contributed by atoms with Crippen molar-refractivity contribution < 1.29 is 19.5 Å². The Morgan fingerprint density at radius 1 is 1.22 bits per heavy atom. The monoisotopic (exact) mass is 436 g/mol. The topological polar surface area (TPSA) is 195 Å². The van der Waals surface area contributed by atoms with Gasteiger partial charge in [0.2, 0.25) is 11.7 Å². The van der Waals surface area contributed by atoms with E-state index >= 15 is 0 Å². The number of Topliss-reactive ketones (excluding diaryl/α,β-unsaturated/α-hetero) is 1. The number of benzene rings is 1. The largest absolute Gasteiger partial charge is 0.480 e. The van der Waals surface area contributed by atoms with Crippen LogP contribution in [0.2, 0.25) is 0 Å². The lowest BCUT2D eigenvalue weighted by atomic mass is 10.0. The van der Waals surface area contributed by atoms with Crippen LogP contribution in [-0.4, -0.2) is 43.8 Å². The van der Waals surface area contributed by atoms with Gasteiger partial charge in [-0.05, 0) is 42.5 Å². The highest BCUT2D eigenvalue weighted by molar-refractivity contribution is 5.97. The van der Waals surface area contributed by atoms with E-state index in [9.17, 15) is 24.3 Å². The third-order valence-corrected chi connectivity index (χ3v) is 4.93. The maximum absolute atomic E-state index is 12.4. The second kappa shape index (κ2) is 9.57. The van der Waals surface area contributed by atoms with Crippen LogP contribution in [-0.2, 0) is 22.4 Å². The minimum atomic E-state index is -1.29. The second-order valence-electron chi connectivity index (χ2n) is 7.12. The SMILES string of the molecule is N#CC(=O)CCC(NC(=O)c1ccc(CCc2c[nH]c3nc(N)[nH]c(=O)c23)cc1)C(=O)O. The number of hydrogen-bond acceptors (Lipinski definition) is 7. The van der Waals surface area contributed by atoms with E-state index in [2.05, 4.69) is 20.3 Å². The molecule has 0 fully saturated rings. The summed E-state index contributed by atoms with van der Waals surface area (Å²) in [4.78, 5) is 56.3. The number of H-pyrrole nitrogens is 2. The van der Waals surface area contributed by atoms with Crippen LogP contribution in [0, 0.1) is 11.3 Å². The zero-order chi connectivity index (χ0) is 23.3. The number of nitrogen functional groups attached to an aromatic ring is 1. The molecule has 0 radical (unpaired) electrons. The first-order chi connectivity index (χ1) is 15.3.